The molecule has 0 unspecified atom stereocenters. The SMILES string of the molecule is COc1ccc(CN(C(=O)c2ccc(-n3c(C)nc4ccccc4c3=O)cc2)C2CC2)cc1. The van der Waals surface area contributed by atoms with Crippen LogP contribution in [0.1, 0.15) is 34.6 Å². The Hall–Kier alpha value is -3.93. The first kappa shape index (κ1) is 20.9. The van der Waals surface area contributed by atoms with E-state index in [1.165, 1.54) is 0 Å². The highest BCUT2D eigenvalue weighted by molar-refractivity contribution is 5.94. The van der Waals surface area contributed by atoms with Crippen LogP contribution in [-0.2, 0) is 6.54 Å². The van der Waals surface area contributed by atoms with Gasteiger partial charge in [0.2, 0.25) is 0 Å². The number of para-hydroxylation sites is 1. The Labute approximate surface area is 192 Å². The summed E-state index contributed by atoms with van der Waals surface area (Å²) >= 11 is 0. The summed E-state index contributed by atoms with van der Waals surface area (Å²) in [4.78, 5) is 32.9. The topological polar surface area (TPSA) is 64.4 Å². The van der Waals surface area contributed by atoms with Crippen LogP contribution < -0.4 is 10.3 Å². The number of hydrogen-bond donors (Lipinski definition) is 0. The number of aromatic nitrogens is 2. The van der Waals surface area contributed by atoms with E-state index in [2.05, 4.69) is 4.98 Å². The van der Waals surface area contributed by atoms with E-state index in [0.29, 0.717) is 34.5 Å². The minimum atomic E-state index is -0.115. The number of carbonyl (C=O) groups excluding carboxylic acids is 1. The molecule has 3 aromatic carbocycles. The fourth-order valence-corrected chi connectivity index (χ4v) is 4.15. The van der Waals surface area contributed by atoms with Gasteiger partial charge in [-0.3, -0.25) is 14.2 Å². The van der Waals surface area contributed by atoms with Crippen LogP contribution >= 0.6 is 0 Å². The van der Waals surface area contributed by atoms with E-state index < -0.39 is 0 Å². The second kappa shape index (κ2) is 8.54. The summed E-state index contributed by atoms with van der Waals surface area (Å²) in [5.41, 5.74) is 2.94. The van der Waals surface area contributed by atoms with E-state index in [0.717, 1.165) is 24.2 Å². The molecule has 1 aliphatic rings. The highest BCUT2D eigenvalue weighted by Crippen LogP contribution is 2.30. The van der Waals surface area contributed by atoms with Crippen LogP contribution in [0, 0.1) is 6.92 Å². The standard InChI is InChI=1S/C27H25N3O3/c1-18-28-25-6-4-3-5-24(25)27(32)30(18)22-11-9-20(10-12-22)26(31)29(21-13-14-21)17-19-7-15-23(33-2)16-8-19/h3-12,15-16,21H,13-14,17H2,1-2H3. The first-order chi connectivity index (χ1) is 16.0. The lowest BCUT2D eigenvalue weighted by atomic mass is 10.1. The van der Waals surface area contributed by atoms with Crippen LogP contribution in [-0.4, -0.2) is 33.5 Å². The molecule has 6 nitrogen and oxygen atoms in total. The van der Waals surface area contributed by atoms with Crippen molar-refractivity contribution in [2.45, 2.75) is 32.4 Å². The Morgan fingerprint density at radius 2 is 1.73 bits per heavy atom. The van der Waals surface area contributed by atoms with Crippen LogP contribution in [0.3, 0.4) is 0 Å². The third-order valence-electron chi connectivity index (χ3n) is 6.08. The predicted molar refractivity (Wildman–Crippen MR) is 128 cm³/mol. The maximum atomic E-state index is 13.3. The van der Waals surface area contributed by atoms with Crippen molar-refractivity contribution in [2.24, 2.45) is 0 Å². The average Bonchev–Trinajstić information content (AvgIpc) is 3.68. The van der Waals surface area contributed by atoms with Gasteiger partial charge in [0.1, 0.15) is 11.6 Å². The smallest absolute Gasteiger partial charge is 0.265 e. The summed E-state index contributed by atoms with van der Waals surface area (Å²) in [5.74, 6) is 1.41. The number of methoxy groups -OCH3 is 1. The van der Waals surface area contributed by atoms with Gasteiger partial charge in [0.25, 0.3) is 11.5 Å². The molecule has 0 radical (unpaired) electrons. The maximum absolute atomic E-state index is 13.3. The number of amides is 1. The van der Waals surface area contributed by atoms with E-state index in [9.17, 15) is 9.59 Å². The summed E-state index contributed by atoms with van der Waals surface area (Å²) in [6, 6.07) is 22.6. The molecule has 0 spiro atoms. The summed E-state index contributed by atoms with van der Waals surface area (Å²) in [7, 11) is 1.64. The van der Waals surface area contributed by atoms with Gasteiger partial charge in [-0.15, -0.1) is 0 Å². The van der Waals surface area contributed by atoms with Crippen molar-refractivity contribution in [1.29, 1.82) is 0 Å². The second-order valence-electron chi connectivity index (χ2n) is 8.38. The highest BCUT2D eigenvalue weighted by atomic mass is 16.5. The molecule has 0 aliphatic heterocycles. The second-order valence-corrected chi connectivity index (χ2v) is 8.38. The van der Waals surface area contributed by atoms with Gasteiger partial charge in [0, 0.05) is 18.2 Å². The van der Waals surface area contributed by atoms with E-state index in [1.54, 1.807) is 29.9 Å². The van der Waals surface area contributed by atoms with Gasteiger partial charge in [0.15, 0.2) is 0 Å². The quantitative estimate of drug-likeness (QED) is 0.444. The molecule has 1 aliphatic carbocycles. The minimum absolute atomic E-state index is 0.000531. The fraction of sp³-hybridized carbons (Fsp3) is 0.222. The first-order valence-corrected chi connectivity index (χ1v) is 11.1. The van der Waals surface area contributed by atoms with Crippen molar-refractivity contribution >= 4 is 16.8 Å². The lowest BCUT2D eigenvalue weighted by Gasteiger charge is -2.23. The molecule has 0 bridgehead atoms. The maximum Gasteiger partial charge on any atom is 0.265 e. The Morgan fingerprint density at radius 1 is 1.03 bits per heavy atom. The molecule has 166 valence electrons. The summed E-state index contributed by atoms with van der Waals surface area (Å²) < 4.78 is 6.82. The Kier molecular flexibility index (Phi) is 5.42. The number of ether oxygens (including phenoxy) is 1. The number of nitrogens with zero attached hydrogens (tertiary/aromatic N) is 3. The number of hydrogen-bond acceptors (Lipinski definition) is 4. The number of benzene rings is 3. The molecule has 1 heterocycles. The molecule has 1 amide bonds. The monoisotopic (exact) mass is 439 g/mol. The first-order valence-electron chi connectivity index (χ1n) is 11.1. The Balaban J connectivity index is 1.42. The Morgan fingerprint density at radius 3 is 2.39 bits per heavy atom. The van der Waals surface area contributed by atoms with E-state index in [-0.39, 0.29) is 17.5 Å². The van der Waals surface area contributed by atoms with Crippen LogP contribution in [0.4, 0.5) is 0 Å². The summed E-state index contributed by atoms with van der Waals surface area (Å²) in [5, 5.41) is 0.572. The van der Waals surface area contributed by atoms with Gasteiger partial charge in [-0.25, -0.2) is 4.98 Å². The third kappa shape index (κ3) is 4.12. The number of rotatable bonds is 6. The number of carbonyl (C=O) groups is 1. The van der Waals surface area contributed by atoms with E-state index in [4.69, 9.17) is 4.74 Å². The van der Waals surface area contributed by atoms with Crippen molar-refractivity contribution in [3.8, 4) is 11.4 Å². The van der Waals surface area contributed by atoms with Gasteiger partial charge < -0.3 is 9.64 Å². The van der Waals surface area contributed by atoms with Gasteiger partial charge in [-0.05, 0) is 73.9 Å². The minimum Gasteiger partial charge on any atom is -0.497 e. The number of fused-ring (bicyclic) bond motifs is 1. The lowest BCUT2D eigenvalue weighted by Crippen LogP contribution is -2.32. The van der Waals surface area contributed by atoms with Gasteiger partial charge >= 0.3 is 0 Å². The summed E-state index contributed by atoms with van der Waals surface area (Å²) in [6.45, 7) is 2.37. The van der Waals surface area contributed by atoms with Crippen molar-refractivity contribution < 1.29 is 9.53 Å². The largest absolute Gasteiger partial charge is 0.497 e. The zero-order valence-corrected chi connectivity index (χ0v) is 18.7. The molecule has 0 atom stereocenters. The molecule has 6 heteroatoms. The molecule has 5 rings (SSSR count). The van der Waals surface area contributed by atoms with Crippen molar-refractivity contribution in [2.75, 3.05) is 7.11 Å². The van der Waals surface area contributed by atoms with Crippen LogP contribution in [0.15, 0.2) is 77.6 Å². The molecular formula is C27H25N3O3. The molecule has 0 N–H and O–H groups in total. The van der Waals surface area contributed by atoms with E-state index >= 15 is 0 Å². The predicted octanol–water partition coefficient (Wildman–Crippen LogP) is 4.51. The molecule has 1 fully saturated rings. The van der Waals surface area contributed by atoms with Gasteiger partial charge in [-0.1, -0.05) is 24.3 Å². The molecule has 1 aromatic heterocycles. The van der Waals surface area contributed by atoms with E-state index in [1.807, 2.05) is 66.4 Å². The van der Waals surface area contributed by atoms with Gasteiger partial charge in [0.05, 0.1) is 23.7 Å². The normalized spacial score (nSPS) is 13.2. The molecule has 1 saturated carbocycles. The lowest BCUT2D eigenvalue weighted by molar-refractivity contribution is 0.0730. The zero-order chi connectivity index (χ0) is 22.9. The average molecular weight is 440 g/mol. The summed E-state index contributed by atoms with van der Waals surface area (Å²) in [6.07, 6.45) is 2.05. The van der Waals surface area contributed by atoms with Crippen LogP contribution in [0.2, 0.25) is 0 Å². The molecule has 4 aromatic rings. The van der Waals surface area contributed by atoms with Crippen molar-refractivity contribution in [3.05, 3.63) is 100 Å². The molecular weight excluding hydrogens is 414 g/mol. The highest BCUT2D eigenvalue weighted by Gasteiger charge is 2.33. The van der Waals surface area contributed by atoms with Gasteiger partial charge in [-0.2, -0.15) is 0 Å². The van der Waals surface area contributed by atoms with Crippen LogP contribution in [0.5, 0.6) is 5.75 Å². The van der Waals surface area contributed by atoms with Crippen molar-refractivity contribution in [1.82, 2.24) is 14.5 Å². The number of aryl methyl sites for hydroxylation is 1. The molecule has 33 heavy (non-hydrogen) atoms. The third-order valence-corrected chi connectivity index (χ3v) is 6.08. The Bertz CT molecular complexity index is 1370. The van der Waals surface area contributed by atoms with Crippen LogP contribution in [0.25, 0.3) is 16.6 Å². The fourth-order valence-electron chi connectivity index (χ4n) is 4.15. The zero-order valence-electron chi connectivity index (χ0n) is 18.7. The molecule has 0 saturated heterocycles. The van der Waals surface area contributed by atoms with Crippen molar-refractivity contribution in [3.63, 3.8) is 0 Å².